The van der Waals surface area contributed by atoms with Crippen molar-refractivity contribution in [1.29, 1.82) is 0 Å². The summed E-state index contributed by atoms with van der Waals surface area (Å²) in [5.74, 6) is 0.546. The van der Waals surface area contributed by atoms with Crippen molar-refractivity contribution in [2.75, 3.05) is 12.4 Å². The van der Waals surface area contributed by atoms with Crippen LogP contribution in [-0.2, 0) is 0 Å². The Morgan fingerprint density at radius 1 is 1.67 bits per heavy atom. The van der Waals surface area contributed by atoms with E-state index in [1.165, 1.54) is 11.8 Å². The van der Waals surface area contributed by atoms with Crippen molar-refractivity contribution < 1.29 is 10.0 Å². The molecule has 0 atom stereocenters. The van der Waals surface area contributed by atoms with Gasteiger partial charge < -0.3 is 5.11 Å². The number of rotatable bonds is 5. The van der Waals surface area contributed by atoms with Crippen molar-refractivity contribution in [1.82, 2.24) is 9.97 Å². The minimum atomic E-state index is -0.558. The highest BCUT2D eigenvalue weighted by Crippen LogP contribution is 2.27. The van der Waals surface area contributed by atoms with Crippen molar-refractivity contribution in [2.45, 2.75) is 11.4 Å². The Labute approximate surface area is 94.8 Å². The smallest absolute Gasteiger partial charge is 0.319 e. The Hall–Kier alpha value is -0.920. The molecule has 0 aliphatic carbocycles. The Kier molecular flexibility index (Phi) is 4.73. The van der Waals surface area contributed by atoms with E-state index in [0.717, 1.165) is 6.20 Å². The largest absolute Gasteiger partial charge is 0.396 e. The first-order valence-corrected chi connectivity index (χ1v) is 5.42. The summed E-state index contributed by atoms with van der Waals surface area (Å²) in [6.45, 7) is 0.0413. The van der Waals surface area contributed by atoms with Crippen molar-refractivity contribution in [3.63, 3.8) is 0 Å². The summed E-state index contributed by atoms with van der Waals surface area (Å²) in [5.41, 5.74) is -0.165. The second-order valence-electron chi connectivity index (χ2n) is 2.51. The van der Waals surface area contributed by atoms with Crippen LogP contribution in [0, 0.1) is 10.1 Å². The number of hydrogen-bond acceptors (Lipinski definition) is 6. The summed E-state index contributed by atoms with van der Waals surface area (Å²) in [6, 6.07) is 0. The molecule has 0 unspecified atom stereocenters. The van der Waals surface area contributed by atoms with Crippen LogP contribution in [0.4, 0.5) is 5.69 Å². The van der Waals surface area contributed by atoms with E-state index in [9.17, 15) is 10.1 Å². The Bertz CT molecular complexity index is 363. The van der Waals surface area contributed by atoms with Gasteiger partial charge >= 0.3 is 5.69 Å². The van der Waals surface area contributed by atoms with Crippen LogP contribution in [0.5, 0.6) is 0 Å². The summed E-state index contributed by atoms with van der Waals surface area (Å²) in [4.78, 5) is 17.3. The molecular weight excluding hydrogens is 242 g/mol. The lowest BCUT2D eigenvalue weighted by molar-refractivity contribution is -0.388. The topological polar surface area (TPSA) is 89.2 Å². The van der Waals surface area contributed by atoms with Gasteiger partial charge in [-0.3, -0.25) is 10.1 Å². The number of aliphatic hydroxyl groups excluding tert-OH is 1. The number of halogens is 1. The van der Waals surface area contributed by atoms with E-state index in [4.69, 9.17) is 16.7 Å². The van der Waals surface area contributed by atoms with Crippen LogP contribution >= 0.6 is 23.4 Å². The number of hydrogen-bond donors (Lipinski definition) is 1. The highest BCUT2D eigenvalue weighted by molar-refractivity contribution is 7.99. The monoisotopic (exact) mass is 249 g/mol. The van der Waals surface area contributed by atoms with Gasteiger partial charge in [-0.05, 0) is 18.0 Å². The zero-order valence-corrected chi connectivity index (χ0v) is 9.16. The van der Waals surface area contributed by atoms with E-state index in [1.807, 2.05) is 0 Å². The first kappa shape index (κ1) is 12.2. The Morgan fingerprint density at radius 3 is 3.00 bits per heavy atom. The highest BCUT2D eigenvalue weighted by atomic mass is 35.5. The average Bonchev–Trinajstić information content (AvgIpc) is 2.18. The van der Waals surface area contributed by atoms with Crippen molar-refractivity contribution in [3.05, 3.63) is 21.6 Å². The average molecular weight is 250 g/mol. The fraction of sp³-hybridized carbons (Fsp3) is 0.429. The minimum Gasteiger partial charge on any atom is -0.396 e. The third-order valence-electron chi connectivity index (χ3n) is 1.44. The molecule has 0 fully saturated rings. The minimum absolute atomic E-state index is 0.0212. The van der Waals surface area contributed by atoms with Gasteiger partial charge in [0.2, 0.25) is 5.28 Å². The maximum Gasteiger partial charge on any atom is 0.319 e. The molecule has 8 heteroatoms. The summed E-state index contributed by atoms with van der Waals surface area (Å²) >= 11 is 6.70. The van der Waals surface area contributed by atoms with Crippen molar-refractivity contribution in [3.8, 4) is 0 Å². The van der Waals surface area contributed by atoms with E-state index >= 15 is 0 Å². The number of nitro groups is 1. The molecule has 0 saturated carbocycles. The quantitative estimate of drug-likeness (QED) is 0.212. The van der Waals surface area contributed by atoms with Gasteiger partial charge in [-0.1, -0.05) is 11.8 Å². The number of aromatic nitrogens is 2. The maximum atomic E-state index is 10.6. The molecule has 0 radical (unpaired) electrons. The van der Waals surface area contributed by atoms with Crippen LogP contribution in [-0.4, -0.2) is 32.4 Å². The van der Waals surface area contributed by atoms with E-state index in [2.05, 4.69) is 9.97 Å². The molecule has 1 aromatic rings. The summed E-state index contributed by atoms with van der Waals surface area (Å²) in [7, 11) is 0. The first-order valence-electron chi connectivity index (χ1n) is 4.05. The van der Waals surface area contributed by atoms with Crippen LogP contribution in [0.25, 0.3) is 0 Å². The van der Waals surface area contributed by atoms with Gasteiger partial charge in [0.05, 0.1) is 4.92 Å². The van der Waals surface area contributed by atoms with E-state index in [-0.39, 0.29) is 22.6 Å². The lowest BCUT2D eigenvalue weighted by Gasteiger charge is -2.00. The Balaban J connectivity index is 2.82. The molecule has 15 heavy (non-hydrogen) atoms. The maximum absolute atomic E-state index is 10.6. The third-order valence-corrected chi connectivity index (χ3v) is 2.69. The number of aliphatic hydroxyl groups is 1. The lowest BCUT2D eigenvalue weighted by atomic mass is 10.5. The first-order chi connectivity index (χ1) is 7.15. The number of thioether (sulfide) groups is 1. The van der Waals surface area contributed by atoms with Crippen molar-refractivity contribution in [2.24, 2.45) is 0 Å². The standard InChI is InChI=1S/C7H8ClN3O3S/c8-7-9-4-5(11(13)14)6(10-7)15-3-1-2-12/h4,12H,1-3H2. The van der Waals surface area contributed by atoms with Gasteiger partial charge in [0.1, 0.15) is 6.20 Å². The summed E-state index contributed by atoms with van der Waals surface area (Å²) in [6.07, 6.45) is 1.63. The summed E-state index contributed by atoms with van der Waals surface area (Å²) in [5, 5.41) is 19.4. The molecule has 0 spiro atoms. The molecule has 1 N–H and O–H groups in total. The molecule has 82 valence electrons. The number of nitrogens with zero attached hydrogens (tertiary/aromatic N) is 3. The molecule has 6 nitrogen and oxygen atoms in total. The van der Waals surface area contributed by atoms with Gasteiger partial charge in [-0.25, -0.2) is 9.97 Å². The Morgan fingerprint density at radius 2 is 2.40 bits per heavy atom. The fourth-order valence-electron chi connectivity index (χ4n) is 0.804. The normalized spacial score (nSPS) is 10.3. The molecule has 0 aliphatic heterocycles. The zero-order chi connectivity index (χ0) is 11.3. The van der Waals surface area contributed by atoms with Crippen LogP contribution < -0.4 is 0 Å². The SMILES string of the molecule is O=[N+]([O-])c1cnc(Cl)nc1SCCCO. The lowest BCUT2D eigenvalue weighted by Crippen LogP contribution is -1.97. The van der Waals surface area contributed by atoms with E-state index in [1.54, 1.807) is 0 Å². The fourth-order valence-corrected chi connectivity index (χ4v) is 1.88. The molecule has 0 aromatic carbocycles. The molecule has 1 heterocycles. The van der Waals surface area contributed by atoms with Crippen molar-refractivity contribution >= 4 is 29.1 Å². The van der Waals surface area contributed by atoms with E-state index in [0.29, 0.717) is 12.2 Å². The van der Waals surface area contributed by atoms with Crippen LogP contribution in [0.3, 0.4) is 0 Å². The molecule has 1 aromatic heterocycles. The molecule has 1 rings (SSSR count). The van der Waals surface area contributed by atoms with Crippen LogP contribution in [0.2, 0.25) is 5.28 Å². The predicted octanol–water partition coefficient (Wildman–Crippen LogP) is 1.51. The predicted molar refractivity (Wildman–Crippen MR) is 56.1 cm³/mol. The third kappa shape index (κ3) is 3.61. The van der Waals surface area contributed by atoms with Gasteiger partial charge in [0.15, 0.2) is 5.03 Å². The molecule has 0 bridgehead atoms. The second-order valence-corrected chi connectivity index (χ2v) is 3.93. The molecule has 0 aliphatic rings. The van der Waals surface area contributed by atoms with E-state index < -0.39 is 4.92 Å². The second kappa shape index (κ2) is 5.84. The van der Waals surface area contributed by atoms with Gasteiger partial charge in [0.25, 0.3) is 0 Å². The van der Waals surface area contributed by atoms with Crippen LogP contribution in [0.1, 0.15) is 6.42 Å². The molecular formula is C7H8ClN3O3S. The molecule has 0 saturated heterocycles. The zero-order valence-electron chi connectivity index (χ0n) is 7.59. The van der Waals surface area contributed by atoms with Gasteiger partial charge in [0, 0.05) is 12.4 Å². The highest BCUT2D eigenvalue weighted by Gasteiger charge is 2.16. The van der Waals surface area contributed by atoms with Gasteiger partial charge in [-0.15, -0.1) is 0 Å². The summed E-state index contributed by atoms with van der Waals surface area (Å²) < 4.78 is 0. The van der Waals surface area contributed by atoms with Gasteiger partial charge in [-0.2, -0.15) is 0 Å². The van der Waals surface area contributed by atoms with Crippen LogP contribution in [0.15, 0.2) is 11.2 Å². The molecule has 0 amide bonds.